The van der Waals surface area contributed by atoms with E-state index in [1.165, 1.54) is 21.3 Å². The van der Waals surface area contributed by atoms with Crippen molar-refractivity contribution in [2.75, 3.05) is 27.9 Å². The summed E-state index contributed by atoms with van der Waals surface area (Å²) < 4.78 is 16.1. The van der Waals surface area contributed by atoms with Crippen LogP contribution < -0.4 is 25.0 Å². The first kappa shape index (κ1) is 26.6. The average molecular weight is 498 g/mol. The SMILES string of the molecule is COc1cc(CCC[C@H](CC(=O)NO)C(=O)NCC(=O)c2c[nH]c3ccccc23)cc(OC)c1OC. The minimum atomic E-state index is -0.727. The number of aromatic nitrogens is 1. The molecular formula is C26H31N3O7. The van der Waals surface area contributed by atoms with Crippen molar-refractivity contribution in [3.8, 4) is 17.2 Å². The molecule has 192 valence electrons. The van der Waals surface area contributed by atoms with Gasteiger partial charge in [0.05, 0.1) is 27.9 Å². The van der Waals surface area contributed by atoms with Gasteiger partial charge < -0.3 is 24.5 Å². The molecule has 0 aliphatic carbocycles. The van der Waals surface area contributed by atoms with Crippen LogP contribution in [0.4, 0.5) is 0 Å². The van der Waals surface area contributed by atoms with Gasteiger partial charge in [-0.25, -0.2) is 5.48 Å². The molecule has 2 amide bonds. The van der Waals surface area contributed by atoms with Crippen molar-refractivity contribution in [3.05, 3.63) is 53.7 Å². The number of amides is 2. The molecule has 0 bridgehead atoms. The van der Waals surface area contributed by atoms with Crippen molar-refractivity contribution >= 4 is 28.5 Å². The maximum absolute atomic E-state index is 12.9. The predicted molar refractivity (Wildman–Crippen MR) is 133 cm³/mol. The number of nitrogens with one attached hydrogen (secondary N) is 3. The minimum Gasteiger partial charge on any atom is -0.493 e. The zero-order valence-electron chi connectivity index (χ0n) is 20.6. The normalized spacial score (nSPS) is 11.6. The smallest absolute Gasteiger partial charge is 0.244 e. The van der Waals surface area contributed by atoms with E-state index in [0.717, 1.165) is 16.5 Å². The summed E-state index contributed by atoms with van der Waals surface area (Å²) in [6, 6.07) is 11.1. The third kappa shape index (κ3) is 6.33. The largest absolute Gasteiger partial charge is 0.493 e. The van der Waals surface area contributed by atoms with Gasteiger partial charge in [0.25, 0.3) is 0 Å². The van der Waals surface area contributed by atoms with Gasteiger partial charge in [-0.15, -0.1) is 0 Å². The number of para-hydroxylation sites is 1. The Kier molecular flexibility index (Phi) is 9.29. The van der Waals surface area contributed by atoms with E-state index >= 15 is 0 Å². The number of fused-ring (bicyclic) bond motifs is 1. The summed E-state index contributed by atoms with van der Waals surface area (Å²) in [5, 5.41) is 12.4. The molecule has 0 spiro atoms. The van der Waals surface area contributed by atoms with Crippen molar-refractivity contribution in [1.29, 1.82) is 0 Å². The molecule has 36 heavy (non-hydrogen) atoms. The van der Waals surface area contributed by atoms with Crippen molar-refractivity contribution in [1.82, 2.24) is 15.8 Å². The number of hydrogen-bond acceptors (Lipinski definition) is 7. The number of methoxy groups -OCH3 is 3. The van der Waals surface area contributed by atoms with E-state index in [0.29, 0.717) is 42.1 Å². The lowest BCUT2D eigenvalue weighted by Crippen LogP contribution is -2.37. The minimum absolute atomic E-state index is 0.204. The number of aryl methyl sites for hydroxylation is 1. The molecule has 0 aliphatic rings. The van der Waals surface area contributed by atoms with Gasteiger partial charge in [-0.3, -0.25) is 19.6 Å². The zero-order chi connectivity index (χ0) is 26.1. The van der Waals surface area contributed by atoms with Crippen LogP contribution in [0.15, 0.2) is 42.6 Å². The highest BCUT2D eigenvalue weighted by molar-refractivity contribution is 6.09. The lowest BCUT2D eigenvalue weighted by Gasteiger charge is -2.17. The fourth-order valence-corrected chi connectivity index (χ4v) is 4.14. The Balaban J connectivity index is 1.63. The Morgan fingerprint density at radius 2 is 1.72 bits per heavy atom. The van der Waals surface area contributed by atoms with Gasteiger partial charge in [0.15, 0.2) is 17.3 Å². The zero-order valence-corrected chi connectivity index (χ0v) is 20.6. The van der Waals surface area contributed by atoms with Crippen LogP contribution in [0, 0.1) is 5.92 Å². The first-order valence-corrected chi connectivity index (χ1v) is 11.5. The third-order valence-electron chi connectivity index (χ3n) is 5.98. The molecule has 10 nitrogen and oxygen atoms in total. The number of H-pyrrole nitrogens is 1. The second-order valence-electron chi connectivity index (χ2n) is 8.25. The number of Topliss-reactive ketones (excluding diaryl/α,β-unsaturated/α-hetero) is 1. The number of ketones is 1. The number of benzene rings is 2. The summed E-state index contributed by atoms with van der Waals surface area (Å²) in [5.74, 6) is -0.546. The van der Waals surface area contributed by atoms with Crippen LogP contribution in [0.2, 0.25) is 0 Å². The number of ether oxygens (including phenoxy) is 3. The van der Waals surface area contributed by atoms with E-state index in [9.17, 15) is 14.4 Å². The Morgan fingerprint density at radius 1 is 1.03 bits per heavy atom. The van der Waals surface area contributed by atoms with Crippen molar-refractivity contribution < 1.29 is 33.8 Å². The third-order valence-corrected chi connectivity index (χ3v) is 5.98. The summed E-state index contributed by atoms with van der Waals surface area (Å²) in [6.45, 7) is -0.204. The molecule has 1 heterocycles. The Labute approximate surface area is 208 Å². The van der Waals surface area contributed by atoms with Crippen molar-refractivity contribution in [2.45, 2.75) is 25.7 Å². The Hall–Kier alpha value is -4.05. The quantitative estimate of drug-likeness (QED) is 0.162. The van der Waals surface area contributed by atoms with E-state index in [-0.39, 0.29) is 18.7 Å². The highest BCUT2D eigenvalue weighted by Crippen LogP contribution is 2.38. The second kappa shape index (κ2) is 12.6. The van der Waals surface area contributed by atoms with Crippen LogP contribution in [-0.2, 0) is 16.0 Å². The fraction of sp³-hybridized carbons (Fsp3) is 0.346. The van der Waals surface area contributed by atoms with Crippen LogP contribution >= 0.6 is 0 Å². The molecule has 1 atom stereocenters. The van der Waals surface area contributed by atoms with Gasteiger partial charge in [-0.2, -0.15) is 0 Å². The number of carbonyl (C=O) groups is 3. The molecule has 10 heteroatoms. The monoisotopic (exact) mass is 497 g/mol. The van der Waals surface area contributed by atoms with Gasteiger partial charge in [-0.05, 0) is 43.0 Å². The van der Waals surface area contributed by atoms with Gasteiger partial charge >= 0.3 is 0 Å². The van der Waals surface area contributed by atoms with Gasteiger partial charge in [0.2, 0.25) is 17.6 Å². The maximum atomic E-state index is 12.9. The number of aromatic amines is 1. The number of hydrogen-bond donors (Lipinski definition) is 4. The van der Waals surface area contributed by atoms with Crippen LogP contribution in [0.3, 0.4) is 0 Å². The topological polar surface area (TPSA) is 139 Å². The first-order valence-electron chi connectivity index (χ1n) is 11.5. The summed E-state index contributed by atoms with van der Waals surface area (Å²) >= 11 is 0. The molecule has 3 rings (SSSR count). The molecule has 0 saturated carbocycles. The molecular weight excluding hydrogens is 466 g/mol. The molecule has 3 aromatic rings. The molecule has 0 saturated heterocycles. The standard InChI is InChI=1S/C26H31N3O7/c1-34-22-11-16(12-23(35-2)25(22)36-3)7-6-8-17(13-24(31)29-33)26(32)28-15-21(30)19-14-27-20-10-5-4-9-18(19)20/h4-5,9-12,14,17,27,33H,6-8,13,15H2,1-3H3,(H,28,32)(H,29,31)/t17-/m1/s1. The van der Waals surface area contributed by atoms with Gasteiger partial charge in [0, 0.05) is 35.0 Å². The number of carbonyl (C=O) groups excluding carboxylic acids is 3. The number of rotatable bonds is 13. The van der Waals surface area contributed by atoms with E-state index in [4.69, 9.17) is 19.4 Å². The lowest BCUT2D eigenvalue weighted by molar-refractivity contribution is -0.134. The Bertz CT molecular complexity index is 1200. The lowest BCUT2D eigenvalue weighted by atomic mass is 9.95. The van der Waals surface area contributed by atoms with E-state index in [1.54, 1.807) is 11.7 Å². The second-order valence-corrected chi connectivity index (χ2v) is 8.25. The predicted octanol–water partition coefficient (Wildman–Crippen LogP) is 3.03. The first-order chi connectivity index (χ1) is 17.4. The molecule has 0 radical (unpaired) electrons. The van der Waals surface area contributed by atoms with Crippen molar-refractivity contribution in [2.24, 2.45) is 5.92 Å². The highest BCUT2D eigenvalue weighted by Gasteiger charge is 2.23. The molecule has 0 fully saturated rings. The fourth-order valence-electron chi connectivity index (χ4n) is 4.14. The van der Waals surface area contributed by atoms with E-state index < -0.39 is 17.7 Å². The average Bonchev–Trinajstić information content (AvgIpc) is 3.34. The van der Waals surface area contributed by atoms with E-state index in [1.807, 2.05) is 36.4 Å². The Morgan fingerprint density at radius 3 is 2.36 bits per heavy atom. The highest BCUT2D eigenvalue weighted by atomic mass is 16.5. The summed E-state index contributed by atoms with van der Waals surface area (Å²) in [6.07, 6.45) is 2.91. The van der Waals surface area contributed by atoms with Gasteiger partial charge in [-0.1, -0.05) is 18.2 Å². The number of hydroxylamine groups is 1. The van der Waals surface area contributed by atoms with Crippen molar-refractivity contribution in [3.63, 3.8) is 0 Å². The van der Waals surface area contributed by atoms with Crippen LogP contribution in [-0.4, -0.2) is 55.7 Å². The van der Waals surface area contributed by atoms with Crippen LogP contribution in [0.5, 0.6) is 17.2 Å². The molecule has 4 N–H and O–H groups in total. The molecule has 1 aromatic heterocycles. The molecule has 0 aliphatic heterocycles. The molecule has 2 aromatic carbocycles. The summed E-state index contributed by atoms with van der Waals surface area (Å²) in [4.78, 5) is 40.4. The van der Waals surface area contributed by atoms with E-state index in [2.05, 4.69) is 10.3 Å². The van der Waals surface area contributed by atoms with Crippen LogP contribution in [0.25, 0.3) is 10.9 Å². The van der Waals surface area contributed by atoms with Crippen LogP contribution in [0.1, 0.15) is 35.2 Å². The maximum Gasteiger partial charge on any atom is 0.244 e. The summed E-state index contributed by atoms with van der Waals surface area (Å²) in [7, 11) is 4.60. The van der Waals surface area contributed by atoms with Gasteiger partial charge in [0.1, 0.15) is 0 Å². The molecule has 0 unspecified atom stereocenters. The summed E-state index contributed by atoms with van der Waals surface area (Å²) in [5.41, 5.74) is 3.79.